The van der Waals surface area contributed by atoms with Gasteiger partial charge in [0.25, 0.3) is 0 Å². The lowest BCUT2D eigenvalue weighted by atomic mass is 9.84. The Morgan fingerprint density at radius 3 is 2.72 bits per heavy atom. The summed E-state index contributed by atoms with van der Waals surface area (Å²) in [5.74, 6) is 0.656. The number of nitrogens with zero attached hydrogens (tertiary/aromatic N) is 1. The summed E-state index contributed by atoms with van der Waals surface area (Å²) in [4.78, 5) is 13.9. The Kier molecular flexibility index (Phi) is 3.58. The summed E-state index contributed by atoms with van der Waals surface area (Å²) in [6.07, 6.45) is 4.58. The average Bonchev–Trinajstić information content (AvgIpc) is 2.84. The second-order valence-corrected chi connectivity index (χ2v) is 7.00. The maximum Gasteiger partial charge on any atom is 0.410 e. The van der Waals surface area contributed by atoms with E-state index in [0.717, 1.165) is 26.1 Å². The van der Waals surface area contributed by atoms with Crippen LogP contribution < -0.4 is 5.73 Å². The van der Waals surface area contributed by atoms with Crippen molar-refractivity contribution in [1.82, 2.24) is 4.90 Å². The standard InChI is InChI=1S/C14H26N2O2/c1-13(2,3)18-12(17)16-7-6-14(10-16)5-4-11(8-14)9-15/h11H,4-10,15H2,1-3H3/t11-,14+/m1/s1. The lowest BCUT2D eigenvalue weighted by Crippen LogP contribution is -2.36. The summed E-state index contributed by atoms with van der Waals surface area (Å²) >= 11 is 0. The fourth-order valence-corrected chi connectivity index (χ4v) is 3.32. The van der Waals surface area contributed by atoms with Gasteiger partial charge in [-0.1, -0.05) is 0 Å². The molecule has 0 aromatic heterocycles. The molecular weight excluding hydrogens is 228 g/mol. The summed E-state index contributed by atoms with van der Waals surface area (Å²) in [5, 5.41) is 0. The highest BCUT2D eigenvalue weighted by Crippen LogP contribution is 2.47. The lowest BCUT2D eigenvalue weighted by molar-refractivity contribution is 0.0273. The molecule has 1 spiro atoms. The van der Waals surface area contributed by atoms with Gasteiger partial charge in [0.1, 0.15) is 5.60 Å². The molecule has 0 aromatic carbocycles. The molecule has 4 nitrogen and oxygen atoms in total. The average molecular weight is 254 g/mol. The van der Waals surface area contributed by atoms with Crippen molar-refractivity contribution in [3.8, 4) is 0 Å². The molecule has 2 rings (SSSR count). The van der Waals surface area contributed by atoms with E-state index in [2.05, 4.69) is 0 Å². The summed E-state index contributed by atoms with van der Waals surface area (Å²) in [6.45, 7) is 8.23. The number of hydrogen-bond acceptors (Lipinski definition) is 3. The molecule has 0 unspecified atom stereocenters. The molecule has 1 aliphatic heterocycles. The molecule has 1 aliphatic carbocycles. The molecule has 1 saturated carbocycles. The molecule has 0 bridgehead atoms. The van der Waals surface area contributed by atoms with Crippen molar-refractivity contribution >= 4 is 6.09 Å². The Labute approximate surface area is 110 Å². The number of ether oxygens (including phenoxy) is 1. The van der Waals surface area contributed by atoms with Gasteiger partial charge in [-0.25, -0.2) is 4.79 Å². The molecule has 104 valence electrons. The number of likely N-dealkylation sites (tertiary alicyclic amines) is 1. The molecule has 2 N–H and O–H groups in total. The van der Waals surface area contributed by atoms with E-state index in [1.54, 1.807) is 0 Å². The number of rotatable bonds is 1. The van der Waals surface area contributed by atoms with Crippen molar-refractivity contribution in [1.29, 1.82) is 0 Å². The van der Waals surface area contributed by atoms with E-state index in [1.807, 2.05) is 25.7 Å². The molecule has 0 aromatic rings. The van der Waals surface area contributed by atoms with Crippen molar-refractivity contribution in [3.63, 3.8) is 0 Å². The maximum atomic E-state index is 12.0. The third kappa shape index (κ3) is 2.97. The molecule has 2 atom stereocenters. The Morgan fingerprint density at radius 2 is 2.17 bits per heavy atom. The quantitative estimate of drug-likeness (QED) is 0.781. The third-order valence-electron chi connectivity index (χ3n) is 4.23. The highest BCUT2D eigenvalue weighted by molar-refractivity contribution is 5.68. The van der Waals surface area contributed by atoms with Gasteiger partial charge in [0, 0.05) is 13.1 Å². The zero-order chi connectivity index (χ0) is 13.4. The smallest absolute Gasteiger partial charge is 0.410 e. The van der Waals surface area contributed by atoms with E-state index in [0.29, 0.717) is 11.3 Å². The molecule has 2 fully saturated rings. The van der Waals surface area contributed by atoms with E-state index < -0.39 is 5.60 Å². The molecule has 2 aliphatic rings. The molecule has 4 heteroatoms. The summed E-state index contributed by atoms with van der Waals surface area (Å²) < 4.78 is 5.44. The zero-order valence-electron chi connectivity index (χ0n) is 11.9. The number of carbonyl (C=O) groups is 1. The SMILES string of the molecule is CC(C)(C)OC(=O)N1CC[C@]2(CC[C@@H](CN)C2)C1. The number of carbonyl (C=O) groups excluding carboxylic acids is 1. The van der Waals surface area contributed by atoms with Crippen LogP contribution in [0.15, 0.2) is 0 Å². The van der Waals surface area contributed by atoms with Crippen LogP contribution in [0.3, 0.4) is 0 Å². The van der Waals surface area contributed by atoms with Crippen LogP contribution in [0.25, 0.3) is 0 Å². The van der Waals surface area contributed by atoms with E-state index in [1.165, 1.54) is 19.3 Å². The van der Waals surface area contributed by atoms with Gasteiger partial charge in [-0.2, -0.15) is 0 Å². The van der Waals surface area contributed by atoms with Crippen LogP contribution in [-0.2, 0) is 4.74 Å². The van der Waals surface area contributed by atoms with Crippen LogP contribution in [0.2, 0.25) is 0 Å². The minimum absolute atomic E-state index is 0.157. The number of nitrogens with two attached hydrogens (primary N) is 1. The predicted octanol–water partition coefficient (Wildman–Crippen LogP) is 2.37. The fourth-order valence-electron chi connectivity index (χ4n) is 3.32. The van der Waals surface area contributed by atoms with Crippen LogP contribution in [0.5, 0.6) is 0 Å². The Balaban J connectivity index is 1.91. The predicted molar refractivity (Wildman–Crippen MR) is 71.3 cm³/mol. The van der Waals surface area contributed by atoms with Crippen LogP contribution in [0, 0.1) is 11.3 Å². The first-order valence-corrected chi connectivity index (χ1v) is 7.02. The van der Waals surface area contributed by atoms with Crippen LogP contribution in [0.1, 0.15) is 46.5 Å². The van der Waals surface area contributed by atoms with Gasteiger partial charge in [-0.05, 0) is 64.3 Å². The minimum Gasteiger partial charge on any atom is -0.444 e. The maximum absolute atomic E-state index is 12.0. The second-order valence-electron chi connectivity index (χ2n) is 7.00. The Morgan fingerprint density at radius 1 is 1.44 bits per heavy atom. The van der Waals surface area contributed by atoms with Crippen LogP contribution in [-0.4, -0.2) is 36.2 Å². The largest absolute Gasteiger partial charge is 0.444 e. The highest BCUT2D eigenvalue weighted by Gasteiger charge is 2.45. The minimum atomic E-state index is -0.400. The van der Waals surface area contributed by atoms with Crippen LogP contribution >= 0.6 is 0 Å². The van der Waals surface area contributed by atoms with Crippen molar-refractivity contribution < 1.29 is 9.53 Å². The fraction of sp³-hybridized carbons (Fsp3) is 0.929. The summed E-state index contributed by atoms with van der Waals surface area (Å²) in [6, 6.07) is 0. The molecule has 1 heterocycles. The normalized spacial score (nSPS) is 32.2. The first-order chi connectivity index (χ1) is 8.34. The number of amides is 1. The van der Waals surface area contributed by atoms with Gasteiger partial charge in [0.05, 0.1) is 0 Å². The lowest BCUT2D eigenvalue weighted by Gasteiger charge is -2.27. The Hall–Kier alpha value is -0.770. The van der Waals surface area contributed by atoms with Crippen molar-refractivity contribution in [2.75, 3.05) is 19.6 Å². The number of hydrogen-bond donors (Lipinski definition) is 1. The van der Waals surface area contributed by atoms with Crippen LogP contribution in [0.4, 0.5) is 4.79 Å². The van der Waals surface area contributed by atoms with Gasteiger partial charge in [-0.15, -0.1) is 0 Å². The highest BCUT2D eigenvalue weighted by atomic mass is 16.6. The second kappa shape index (κ2) is 4.72. The van der Waals surface area contributed by atoms with E-state index in [9.17, 15) is 4.79 Å². The monoisotopic (exact) mass is 254 g/mol. The first-order valence-electron chi connectivity index (χ1n) is 7.02. The topological polar surface area (TPSA) is 55.6 Å². The zero-order valence-corrected chi connectivity index (χ0v) is 11.9. The van der Waals surface area contributed by atoms with Gasteiger partial charge in [0.2, 0.25) is 0 Å². The molecule has 1 saturated heterocycles. The van der Waals surface area contributed by atoms with E-state index in [-0.39, 0.29) is 6.09 Å². The molecule has 1 amide bonds. The van der Waals surface area contributed by atoms with Gasteiger partial charge in [-0.3, -0.25) is 0 Å². The molecular formula is C14H26N2O2. The third-order valence-corrected chi connectivity index (χ3v) is 4.23. The van der Waals surface area contributed by atoms with Crippen molar-refractivity contribution in [3.05, 3.63) is 0 Å². The van der Waals surface area contributed by atoms with Gasteiger partial charge >= 0.3 is 6.09 Å². The van der Waals surface area contributed by atoms with Gasteiger partial charge < -0.3 is 15.4 Å². The molecule has 18 heavy (non-hydrogen) atoms. The summed E-state index contributed by atoms with van der Waals surface area (Å²) in [5.41, 5.74) is 5.69. The van der Waals surface area contributed by atoms with E-state index in [4.69, 9.17) is 10.5 Å². The van der Waals surface area contributed by atoms with Gasteiger partial charge in [0.15, 0.2) is 0 Å². The van der Waals surface area contributed by atoms with Crippen molar-refractivity contribution in [2.45, 2.75) is 52.1 Å². The molecule has 0 radical (unpaired) electrons. The van der Waals surface area contributed by atoms with Crippen molar-refractivity contribution in [2.24, 2.45) is 17.1 Å². The Bertz CT molecular complexity index is 324. The van der Waals surface area contributed by atoms with E-state index >= 15 is 0 Å². The first kappa shape index (κ1) is 13.7. The summed E-state index contributed by atoms with van der Waals surface area (Å²) in [7, 11) is 0.